The Hall–Kier alpha value is -1.82. The van der Waals surface area contributed by atoms with Crippen molar-refractivity contribution in [2.24, 2.45) is 0 Å². The maximum absolute atomic E-state index is 11.9. The van der Waals surface area contributed by atoms with Crippen LogP contribution in [0.25, 0.3) is 10.2 Å². The van der Waals surface area contributed by atoms with Crippen molar-refractivity contribution in [2.75, 3.05) is 13.7 Å². The smallest absolute Gasteiger partial charge is 0.251 e. The van der Waals surface area contributed by atoms with E-state index < -0.39 is 0 Å². The molecular formula is C11H12N2O3S. The summed E-state index contributed by atoms with van der Waals surface area (Å²) in [6, 6.07) is 5.34. The first-order chi connectivity index (χ1) is 8.26. The molecule has 5 nitrogen and oxygen atoms in total. The highest BCUT2D eigenvalue weighted by atomic mass is 32.1. The number of ether oxygens (including phenoxy) is 1. The Labute approximate surface area is 102 Å². The normalized spacial score (nSPS) is 10.4. The Kier molecular flexibility index (Phi) is 3.43. The van der Waals surface area contributed by atoms with E-state index in [0.717, 1.165) is 15.2 Å². The molecule has 1 aromatic heterocycles. The van der Waals surface area contributed by atoms with Gasteiger partial charge in [-0.1, -0.05) is 11.3 Å². The first-order valence-electron chi connectivity index (χ1n) is 5.12. The topological polar surface area (TPSA) is 65.3 Å². The molecule has 0 radical (unpaired) electrons. The Balaban J connectivity index is 2.31. The zero-order valence-electron chi connectivity index (χ0n) is 9.30. The van der Waals surface area contributed by atoms with Crippen LogP contribution in [0.3, 0.4) is 0 Å². The number of carbonyl (C=O) groups excluding carboxylic acids is 1. The van der Waals surface area contributed by atoms with Gasteiger partial charge >= 0.3 is 0 Å². The largest absolute Gasteiger partial charge is 0.617 e. The van der Waals surface area contributed by atoms with Crippen LogP contribution in [0, 0.1) is 5.21 Å². The molecule has 0 atom stereocenters. The van der Waals surface area contributed by atoms with E-state index in [2.05, 4.69) is 5.32 Å². The maximum atomic E-state index is 11.9. The van der Waals surface area contributed by atoms with E-state index in [1.54, 1.807) is 19.2 Å². The molecule has 90 valence electrons. The minimum Gasteiger partial charge on any atom is -0.617 e. The van der Waals surface area contributed by atoms with E-state index >= 15 is 0 Å². The van der Waals surface area contributed by atoms with E-state index in [9.17, 15) is 10.0 Å². The van der Waals surface area contributed by atoms with Crippen molar-refractivity contribution in [3.8, 4) is 5.75 Å². The fraction of sp³-hybridized carbons (Fsp3) is 0.273. The average Bonchev–Trinajstić information content (AvgIpc) is 2.66. The molecule has 1 amide bonds. The SMILES string of the molecule is COc1ccc2c(c1)sc(CCNC=O)[n+]2[O-]. The lowest BCUT2D eigenvalue weighted by molar-refractivity contribution is -0.580. The van der Waals surface area contributed by atoms with Crippen LogP contribution in [-0.4, -0.2) is 20.1 Å². The predicted molar refractivity (Wildman–Crippen MR) is 65.1 cm³/mol. The van der Waals surface area contributed by atoms with Crippen molar-refractivity contribution in [1.82, 2.24) is 5.32 Å². The summed E-state index contributed by atoms with van der Waals surface area (Å²) in [4.78, 5) is 10.1. The first kappa shape index (κ1) is 11.7. The van der Waals surface area contributed by atoms with E-state index in [-0.39, 0.29) is 0 Å². The fourth-order valence-electron chi connectivity index (χ4n) is 1.56. The number of methoxy groups -OCH3 is 1. The number of rotatable bonds is 5. The Morgan fingerprint density at radius 3 is 3.12 bits per heavy atom. The van der Waals surface area contributed by atoms with Gasteiger partial charge in [-0.25, -0.2) is 0 Å². The van der Waals surface area contributed by atoms with Gasteiger partial charge in [0.25, 0.3) is 5.01 Å². The van der Waals surface area contributed by atoms with Gasteiger partial charge in [-0.3, -0.25) is 4.79 Å². The second-order valence-electron chi connectivity index (χ2n) is 3.45. The summed E-state index contributed by atoms with van der Waals surface area (Å²) in [6.45, 7) is 0.468. The van der Waals surface area contributed by atoms with Crippen LogP contribution >= 0.6 is 11.3 Å². The highest BCUT2D eigenvalue weighted by Crippen LogP contribution is 2.24. The second-order valence-corrected chi connectivity index (χ2v) is 4.56. The van der Waals surface area contributed by atoms with Crippen molar-refractivity contribution in [2.45, 2.75) is 6.42 Å². The van der Waals surface area contributed by atoms with E-state index in [0.29, 0.717) is 29.9 Å². The number of hydrogen-bond acceptors (Lipinski definition) is 4. The number of fused-ring (bicyclic) bond motifs is 1. The van der Waals surface area contributed by atoms with Gasteiger partial charge in [0.2, 0.25) is 11.9 Å². The van der Waals surface area contributed by atoms with Crippen molar-refractivity contribution in [3.05, 3.63) is 28.4 Å². The number of amides is 1. The predicted octanol–water partition coefficient (Wildman–Crippen LogP) is 0.832. The van der Waals surface area contributed by atoms with E-state index in [1.807, 2.05) is 6.07 Å². The van der Waals surface area contributed by atoms with Crippen LogP contribution < -0.4 is 14.8 Å². The van der Waals surface area contributed by atoms with Crippen LogP contribution in [0.2, 0.25) is 0 Å². The summed E-state index contributed by atoms with van der Waals surface area (Å²) in [5.74, 6) is 0.733. The quantitative estimate of drug-likeness (QED) is 0.371. The average molecular weight is 252 g/mol. The molecule has 2 aromatic rings. The summed E-state index contributed by atoms with van der Waals surface area (Å²) in [5, 5.41) is 15.1. The standard InChI is InChI=1S/C11H12N2O3S/c1-16-8-2-3-9-10(6-8)17-11(13(9)15)4-5-12-7-14/h2-3,6-7H,4-5H2,1H3,(H,12,14). The molecule has 0 aliphatic heterocycles. The molecular weight excluding hydrogens is 240 g/mol. The number of benzene rings is 1. The number of thiazole rings is 1. The van der Waals surface area contributed by atoms with E-state index in [1.165, 1.54) is 11.3 Å². The maximum Gasteiger partial charge on any atom is 0.251 e. The molecule has 0 aliphatic carbocycles. The molecule has 0 spiro atoms. The van der Waals surface area contributed by atoms with Crippen LogP contribution in [0.5, 0.6) is 5.75 Å². The third-order valence-corrected chi connectivity index (χ3v) is 3.56. The lowest BCUT2D eigenvalue weighted by Gasteiger charge is -1.99. The van der Waals surface area contributed by atoms with Crippen molar-refractivity contribution in [3.63, 3.8) is 0 Å². The summed E-state index contributed by atoms with van der Waals surface area (Å²) in [7, 11) is 1.59. The molecule has 6 heteroatoms. The van der Waals surface area contributed by atoms with Gasteiger partial charge in [-0.15, -0.1) is 0 Å². The number of hydrogen-bond donors (Lipinski definition) is 1. The number of aromatic nitrogens is 1. The Morgan fingerprint density at radius 1 is 1.59 bits per heavy atom. The molecule has 0 bridgehead atoms. The van der Waals surface area contributed by atoms with Crippen LogP contribution in [0.4, 0.5) is 0 Å². The molecule has 0 aliphatic rings. The zero-order valence-corrected chi connectivity index (χ0v) is 10.1. The number of carbonyl (C=O) groups is 1. The van der Waals surface area contributed by atoms with E-state index in [4.69, 9.17) is 4.74 Å². The van der Waals surface area contributed by atoms with Gasteiger partial charge in [-0.2, -0.15) is 4.73 Å². The van der Waals surface area contributed by atoms with Crippen molar-refractivity contribution in [1.29, 1.82) is 0 Å². The molecule has 0 saturated heterocycles. The molecule has 1 N–H and O–H groups in total. The first-order valence-corrected chi connectivity index (χ1v) is 5.94. The summed E-state index contributed by atoms with van der Waals surface area (Å²) >= 11 is 1.42. The molecule has 2 rings (SSSR count). The minimum absolute atomic E-state index is 0.468. The van der Waals surface area contributed by atoms with Crippen LogP contribution in [-0.2, 0) is 11.2 Å². The number of nitrogens with zero attached hydrogens (tertiary/aromatic N) is 1. The summed E-state index contributed by atoms with van der Waals surface area (Å²) < 4.78 is 6.90. The molecule has 0 unspecified atom stereocenters. The third kappa shape index (κ3) is 2.31. The van der Waals surface area contributed by atoms with Gasteiger partial charge < -0.3 is 15.3 Å². The highest BCUT2D eigenvalue weighted by molar-refractivity contribution is 7.18. The zero-order chi connectivity index (χ0) is 12.3. The molecule has 1 heterocycles. The minimum atomic E-state index is 0.468. The van der Waals surface area contributed by atoms with Crippen LogP contribution in [0.15, 0.2) is 18.2 Å². The monoisotopic (exact) mass is 252 g/mol. The molecule has 0 saturated carbocycles. The summed E-state index contributed by atoms with van der Waals surface area (Å²) in [5.41, 5.74) is 0.636. The fourth-order valence-corrected chi connectivity index (χ4v) is 2.63. The van der Waals surface area contributed by atoms with Crippen LogP contribution in [0.1, 0.15) is 5.01 Å². The van der Waals surface area contributed by atoms with Gasteiger partial charge in [0.05, 0.1) is 13.5 Å². The van der Waals surface area contributed by atoms with Gasteiger partial charge in [0.15, 0.2) is 0 Å². The van der Waals surface area contributed by atoms with Crippen molar-refractivity contribution < 1.29 is 14.3 Å². The number of nitrogens with one attached hydrogen (secondary N) is 1. The Morgan fingerprint density at radius 2 is 2.41 bits per heavy atom. The summed E-state index contributed by atoms with van der Waals surface area (Å²) in [6.07, 6.45) is 1.16. The second kappa shape index (κ2) is 5.01. The van der Waals surface area contributed by atoms with Gasteiger partial charge in [0.1, 0.15) is 10.4 Å². The highest BCUT2D eigenvalue weighted by Gasteiger charge is 2.15. The molecule has 0 fully saturated rings. The molecule has 1 aromatic carbocycles. The molecule has 17 heavy (non-hydrogen) atoms. The van der Waals surface area contributed by atoms with Gasteiger partial charge in [-0.05, 0) is 6.07 Å². The lowest BCUT2D eigenvalue weighted by atomic mass is 10.3. The third-order valence-electron chi connectivity index (χ3n) is 2.41. The van der Waals surface area contributed by atoms with Gasteiger partial charge in [0, 0.05) is 18.7 Å². The Bertz CT molecular complexity index is 539. The lowest BCUT2D eigenvalue weighted by Crippen LogP contribution is -2.30. The van der Waals surface area contributed by atoms with Crippen molar-refractivity contribution >= 4 is 28.0 Å².